The number of carboxylic acids is 1. The molecule has 0 radical (unpaired) electrons. The zero-order chi connectivity index (χ0) is 18.2. The molecule has 0 spiro atoms. The van der Waals surface area contributed by atoms with Gasteiger partial charge in [0.2, 0.25) is 0 Å². The summed E-state index contributed by atoms with van der Waals surface area (Å²) in [6, 6.07) is 0. The van der Waals surface area contributed by atoms with Gasteiger partial charge in [0.15, 0.2) is 0 Å². The predicted molar refractivity (Wildman–Crippen MR) is 96.0 cm³/mol. The normalized spacial score (nSPS) is 15.5. The largest absolute Gasteiger partial charge is 0.481 e. The minimum atomic E-state index is -0.890. The quantitative estimate of drug-likeness (QED) is 0.294. The Labute approximate surface area is 146 Å². The number of hydrogen-bond donors (Lipinski definition) is 3. The number of aliphatic hydroxyl groups excluding tert-OH is 2. The summed E-state index contributed by atoms with van der Waals surface area (Å²) in [5, 5.41) is 28.7. The number of carboxylic acid groups (broad SMARTS) is 1. The number of carbonyl (C=O) groups is 1. The number of aliphatic carboxylic acids is 1. The first kappa shape index (κ1) is 23.1. The Bertz CT molecular complexity index is 330. The second kappa shape index (κ2) is 15.6. The van der Waals surface area contributed by atoms with Crippen molar-refractivity contribution < 1.29 is 24.9 Å². The molecule has 0 aromatic carbocycles. The molecular formula is C19H36O5. The standard InChI is InChI=1S/C19H36O5/c1-3-4-10-13-16(20)19(23)17(24-2)14-11-8-6-5-7-9-12-15-18(21)22/h11,14,16-17,19-20,23H,3-10,12-13,15H2,1-2H3,(H,21,22)/b14-11+. The molecule has 24 heavy (non-hydrogen) atoms. The Morgan fingerprint density at radius 1 is 1.04 bits per heavy atom. The van der Waals surface area contributed by atoms with Crippen LogP contribution in [-0.2, 0) is 9.53 Å². The fraction of sp³-hybridized carbons (Fsp3) is 0.842. The fourth-order valence-electron chi connectivity index (χ4n) is 2.62. The van der Waals surface area contributed by atoms with Gasteiger partial charge in [-0.15, -0.1) is 0 Å². The summed E-state index contributed by atoms with van der Waals surface area (Å²) in [7, 11) is 1.54. The molecule has 5 heteroatoms. The Kier molecular flexibility index (Phi) is 15.0. The summed E-state index contributed by atoms with van der Waals surface area (Å²) in [6.45, 7) is 2.11. The van der Waals surface area contributed by atoms with E-state index in [0.29, 0.717) is 6.42 Å². The van der Waals surface area contributed by atoms with Crippen molar-refractivity contribution in [1.29, 1.82) is 0 Å². The number of rotatable bonds is 16. The van der Waals surface area contributed by atoms with E-state index < -0.39 is 24.3 Å². The predicted octanol–water partition coefficient (Wildman–Crippen LogP) is 3.68. The maximum atomic E-state index is 10.4. The zero-order valence-corrected chi connectivity index (χ0v) is 15.3. The Morgan fingerprint density at radius 3 is 2.33 bits per heavy atom. The molecule has 3 unspecified atom stereocenters. The lowest BCUT2D eigenvalue weighted by Gasteiger charge is -2.23. The molecular weight excluding hydrogens is 308 g/mol. The van der Waals surface area contributed by atoms with Crippen LogP contribution in [0.3, 0.4) is 0 Å². The highest BCUT2D eigenvalue weighted by atomic mass is 16.5. The van der Waals surface area contributed by atoms with Gasteiger partial charge in [-0.1, -0.05) is 57.6 Å². The average Bonchev–Trinajstić information content (AvgIpc) is 2.56. The summed E-state index contributed by atoms with van der Waals surface area (Å²) in [5.74, 6) is -0.723. The van der Waals surface area contributed by atoms with E-state index in [4.69, 9.17) is 9.84 Å². The molecule has 3 N–H and O–H groups in total. The minimum Gasteiger partial charge on any atom is -0.481 e. The summed E-state index contributed by atoms with van der Waals surface area (Å²) < 4.78 is 5.27. The highest BCUT2D eigenvalue weighted by Gasteiger charge is 2.23. The van der Waals surface area contributed by atoms with Crippen LogP contribution in [0.2, 0.25) is 0 Å². The van der Waals surface area contributed by atoms with Crippen molar-refractivity contribution in [3.05, 3.63) is 12.2 Å². The first-order chi connectivity index (χ1) is 11.5. The highest BCUT2D eigenvalue weighted by molar-refractivity contribution is 5.66. The van der Waals surface area contributed by atoms with E-state index in [2.05, 4.69) is 6.92 Å². The van der Waals surface area contributed by atoms with Crippen LogP contribution in [0.4, 0.5) is 0 Å². The third-order valence-electron chi connectivity index (χ3n) is 4.19. The number of methoxy groups -OCH3 is 1. The highest BCUT2D eigenvalue weighted by Crippen LogP contribution is 2.13. The lowest BCUT2D eigenvalue weighted by atomic mass is 10.0. The van der Waals surface area contributed by atoms with Crippen molar-refractivity contribution in [2.45, 2.75) is 95.9 Å². The molecule has 0 aliphatic rings. The van der Waals surface area contributed by atoms with Crippen LogP contribution in [0.5, 0.6) is 0 Å². The Balaban J connectivity index is 3.84. The molecule has 3 atom stereocenters. The second-order valence-electron chi connectivity index (χ2n) is 6.38. The van der Waals surface area contributed by atoms with E-state index >= 15 is 0 Å². The number of hydrogen-bond acceptors (Lipinski definition) is 4. The Hall–Kier alpha value is -0.910. The van der Waals surface area contributed by atoms with Gasteiger partial charge in [0, 0.05) is 13.5 Å². The molecule has 0 rings (SSSR count). The van der Waals surface area contributed by atoms with Crippen molar-refractivity contribution in [2.24, 2.45) is 0 Å². The molecule has 142 valence electrons. The van der Waals surface area contributed by atoms with Crippen LogP contribution in [0.15, 0.2) is 12.2 Å². The summed E-state index contributed by atoms with van der Waals surface area (Å²) in [5.41, 5.74) is 0. The molecule has 0 fully saturated rings. The third-order valence-corrected chi connectivity index (χ3v) is 4.19. The van der Waals surface area contributed by atoms with Gasteiger partial charge < -0.3 is 20.1 Å². The van der Waals surface area contributed by atoms with Gasteiger partial charge in [-0.25, -0.2) is 0 Å². The van der Waals surface area contributed by atoms with Gasteiger partial charge in [-0.05, 0) is 25.7 Å². The maximum Gasteiger partial charge on any atom is 0.303 e. The van der Waals surface area contributed by atoms with Gasteiger partial charge in [-0.2, -0.15) is 0 Å². The zero-order valence-electron chi connectivity index (χ0n) is 15.3. The molecule has 0 aromatic heterocycles. The van der Waals surface area contributed by atoms with Gasteiger partial charge >= 0.3 is 5.97 Å². The molecule has 0 amide bonds. The van der Waals surface area contributed by atoms with Gasteiger partial charge in [0.1, 0.15) is 12.2 Å². The summed E-state index contributed by atoms with van der Waals surface area (Å²) in [6.07, 6.45) is 11.4. The third kappa shape index (κ3) is 12.5. The van der Waals surface area contributed by atoms with Crippen LogP contribution in [0, 0.1) is 0 Å². The number of unbranched alkanes of at least 4 members (excludes halogenated alkanes) is 7. The van der Waals surface area contributed by atoms with Crippen molar-refractivity contribution in [1.82, 2.24) is 0 Å². The monoisotopic (exact) mass is 344 g/mol. The van der Waals surface area contributed by atoms with Crippen LogP contribution in [0.1, 0.15) is 77.6 Å². The van der Waals surface area contributed by atoms with E-state index in [1.165, 1.54) is 0 Å². The van der Waals surface area contributed by atoms with Crippen LogP contribution in [-0.4, -0.2) is 46.7 Å². The van der Waals surface area contributed by atoms with E-state index in [1.807, 2.05) is 12.2 Å². The first-order valence-corrected chi connectivity index (χ1v) is 9.30. The average molecular weight is 344 g/mol. The first-order valence-electron chi connectivity index (χ1n) is 9.30. The van der Waals surface area contributed by atoms with E-state index in [9.17, 15) is 15.0 Å². The van der Waals surface area contributed by atoms with Gasteiger partial charge in [0.25, 0.3) is 0 Å². The molecule has 0 aromatic rings. The van der Waals surface area contributed by atoms with Crippen LogP contribution >= 0.6 is 0 Å². The molecule has 0 aliphatic heterocycles. The SMILES string of the molecule is CCCCCC(O)C(O)C(/C=C/CCCCCCCC(=O)O)OC. The van der Waals surface area contributed by atoms with E-state index in [1.54, 1.807) is 7.11 Å². The van der Waals surface area contributed by atoms with Crippen LogP contribution in [0.25, 0.3) is 0 Å². The molecule has 5 nitrogen and oxygen atoms in total. The van der Waals surface area contributed by atoms with Gasteiger partial charge in [0.05, 0.1) is 6.10 Å². The summed E-state index contributed by atoms with van der Waals surface area (Å²) >= 11 is 0. The maximum absolute atomic E-state index is 10.4. The van der Waals surface area contributed by atoms with Crippen molar-refractivity contribution >= 4 is 5.97 Å². The lowest BCUT2D eigenvalue weighted by Crippen LogP contribution is -2.37. The smallest absolute Gasteiger partial charge is 0.303 e. The van der Waals surface area contributed by atoms with Gasteiger partial charge in [-0.3, -0.25) is 4.79 Å². The van der Waals surface area contributed by atoms with E-state index in [0.717, 1.165) is 57.8 Å². The van der Waals surface area contributed by atoms with Crippen molar-refractivity contribution in [3.63, 3.8) is 0 Å². The number of ether oxygens (including phenoxy) is 1. The second-order valence-corrected chi connectivity index (χ2v) is 6.38. The lowest BCUT2D eigenvalue weighted by molar-refractivity contribution is -0.137. The van der Waals surface area contributed by atoms with E-state index in [-0.39, 0.29) is 6.42 Å². The molecule has 0 heterocycles. The molecule has 0 saturated heterocycles. The topological polar surface area (TPSA) is 87.0 Å². The molecule has 0 aliphatic carbocycles. The Morgan fingerprint density at radius 2 is 1.71 bits per heavy atom. The van der Waals surface area contributed by atoms with Crippen LogP contribution < -0.4 is 0 Å². The molecule has 0 saturated carbocycles. The number of allylic oxidation sites excluding steroid dienone is 1. The fourth-order valence-corrected chi connectivity index (χ4v) is 2.62. The van der Waals surface area contributed by atoms with Crippen molar-refractivity contribution in [3.8, 4) is 0 Å². The molecule has 0 bridgehead atoms. The summed E-state index contributed by atoms with van der Waals surface area (Å²) in [4.78, 5) is 10.4. The number of aliphatic hydroxyl groups is 2. The minimum absolute atomic E-state index is 0.258. The van der Waals surface area contributed by atoms with Crippen molar-refractivity contribution in [2.75, 3.05) is 7.11 Å².